The molecule has 90 valence electrons. The van der Waals surface area contributed by atoms with Crippen molar-refractivity contribution < 1.29 is 28.7 Å². The first-order chi connectivity index (χ1) is 7.70. The lowest BCUT2D eigenvalue weighted by Crippen LogP contribution is -2.03. The van der Waals surface area contributed by atoms with E-state index in [2.05, 4.69) is 9.47 Å². The molecule has 0 aromatic carbocycles. The maximum atomic E-state index is 10.7. The highest BCUT2D eigenvalue weighted by Crippen LogP contribution is 2.06. The van der Waals surface area contributed by atoms with Gasteiger partial charge in [-0.25, -0.2) is 0 Å². The van der Waals surface area contributed by atoms with Crippen LogP contribution < -0.4 is 0 Å². The van der Waals surface area contributed by atoms with Gasteiger partial charge in [-0.3, -0.25) is 19.2 Å². The van der Waals surface area contributed by atoms with Crippen molar-refractivity contribution in [1.82, 2.24) is 0 Å². The number of rotatable bonds is 9. The van der Waals surface area contributed by atoms with E-state index in [-0.39, 0.29) is 25.8 Å². The quantitative estimate of drug-likeness (QED) is 0.251. The maximum absolute atomic E-state index is 10.7. The van der Waals surface area contributed by atoms with Crippen molar-refractivity contribution in [3.05, 3.63) is 0 Å². The van der Waals surface area contributed by atoms with Crippen molar-refractivity contribution in [1.29, 1.82) is 0 Å². The summed E-state index contributed by atoms with van der Waals surface area (Å²) in [7, 11) is 0. The Kier molecular flexibility index (Phi) is 8.76. The fourth-order valence-electron chi connectivity index (χ4n) is 1.12. The minimum absolute atomic E-state index is 0.109. The Balaban J connectivity index is 3.27. The molecular weight excluding hydrogens is 216 g/mol. The van der Waals surface area contributed by atoms with Crippen molar-refractivity contribution in [3.63, 3.8) is 0 Å². The summed E-state index contributed by atoms with van der Waals surface area (Å²) in [6.07, 6.45) is 3.10. The zero-order valence-corrected chi connectivity index (χ0v) is 8.85. The summed E-state index contributed by atoms with van der Waals surface area (Å²) in [5.41, 5.74) is 0. The van der Waals surface area contributed by atoms with Gasteiger partial charge in [0.25, 0.3) is 0 Å². The van der Waals surface area contributed by atoms with Crippen molar-refractivity contribution in [3.8, 4) is 0 Å². The third-order valence-electron chi connectivity index (χ3n) is 1.87. The Morgan fingerprint density at radius 3 is 1.44 bits per heavy atom. The van der Waals surface area contributed by atoms with Crippen LogP contribution in [0, 0.1) is 0 Å². The van der Waals surface area contributed by atoms with Gasteiger partial charge in [-0.1, -0.05) is 12.8 Å². The van der Waals surface area contributed by atoms with Crippen LogP contribution in [-0.2, 0) is 28.7 Å². The van der Waals surface area contributed by atoms with Crippen LogP contribution in [-0.4, -0.2) is 24.9 Å². The van der Waals surface area contributed by atoms with E-state index in [1.54, 1.807) is 0 Å². The van der Waals surface area contributed by atoms with Gasteiger partial charge in [0.15, 0.2) is 0 Å². The van der Waals surface area contributed by atoms with E-state index < -0.39 is 11.9 Å². The molecule has 6 nitrogen and oxygen atoms in total. The standard InChI is InChI=1S/C10H14O6/c11-7-15-9(13)5-3-1-2-4-6-10(14)16-8-12/h7-8H,1-6H2. The van der Waals surface area contributed by atoms with Crippen molar-refractivity contribution in [2.24, 2.45) is 0 Å². The fraction of sp³-hybridized carbons (Fsp3) is 0.600. The Hall–Kier alpha value is -1.72. The molecule has 0 radical (unpaired) electrons. The lowest BCUT2D eigenvalue weighted by atomic mass is 10.1. The molecule has 0 spiro atoms. The van der Waals surface area contributed by atoms with Crippen molar-refractivity contribution >= 4 is 24.9 Å². The number of hydrogen-bond donors (Lipinski definition) is 0. The Bertz CT molecular complexity index is 222. The smallest absolute Gasteiger partial charge is 0.313 e. The van der Waals surface area contributed by atoms with Gasteiger partial charge in [-0.2, -0.15) is 0 Å². The Morgan fingerprint density at radius 1 is 0.750 bits per heavy atom. The summed E-state index contributed by atoms with van der Waals surface area (Å²) in [6, 6.07) is 0. The minimum atomic E-state index is -0.546. The monoisotopic (exact) mass is 230 g/mol. The number of esters is 2. The van der Waals surface area contributed by atoms with Crippen LogP contribution in [0.2, 0.25) is 0 Å². The summed E-state index contributed by atoms with van der Waals surface area (Å²) in [5, 5.41) is 0. The second-order valence-electron chi connectivity index (χ2n) is 3.09. The van der Waals surface area contributed by atoms with Gasteiger partial charge in [0.2, 0.25) is 0 Å². The second kappa shape index (κ2) is 9.82. The third kappa shape index (κ3) is 8.86. The first-order valence-electron chi connectivity index (χ1n) is 4.97. The predicted molar refractivity (Wildman–Crippen MR) is 52.0 cm³/mol. The predicted octanol–water partition coefficient (Wildman–Crippen LogP) is 0.726. The average molecular weight is 230 g/mol. The average Bonchev–Trinajstić information content (AvgIpc) is 2.24. The van der Waals surface area contributed by atoms with E-state index in [1.165, 1.54) is 0 Å². The topological polar surface area (TPSA) is 86.7 Å². The zero-order chi connectivity index (χ0) is 12.2. The molecule has 0 N–H and O–H groups in total. The van der Waals surface area contributed by atoms with Gasteiger partial charge in [0.1, 0.15) is 0 Å². The molecule has 0 aliphatic heterocycles. The molecule has 0 rings (SSSR count). The van der Waals surface area contributed by atoms with Gasteiger partial charge >= 0.3 is 24.9 Å². The van der Waals surface area contributed by atoms with E-state index in [0.717, 1.165) is 12.8 Å². The fourth-order valence-corrected chi connectivity index (χ4v) is 1.12. The number of carbonyl (C=O) groups is 4. The van der Waals surface area contributed by atoms with Crippen LogP contribution >= 0.6 is 0 Å². The summed E-state index contributed by atoms with van der Waals surface area (Å²) in [5.74, 6) is -1.09. The summed E-state index contributed by atoms with van der Waals surface area (Å²) >= 11 is 0. The molecule has 0 atom stereocenters. The van der Waals surface area contributed by atoms with Crippen LogP contribution in [0.4, 0.5) is 0 Å². The largest absolute Gasteiger partial charge is 0.395 e. The molecule has 0 aromatic rings. The van der Waals surface area contributed by atoms with Crippen molar-refractivity contribution in [2.75, 3.05) is 0 Å². The van der Waals surface area contributed by atoms with Crippen LogP contribution in [0.3, 0.4) is 0 Å². The lowest BCUT2D eigenvalue weighted by molar-refractivity contribution is -0.153. The minimum Gasteiger partial charge on any atom is -0.395 e. The van der Waals surface area contributed by atoms with Gasteiger partial charge in [-0.05, 0) is 12.8 Å². The first-order valence-corrected chi connectivity index (χ1v) is 4.97. The highest BCUT2D eigenvalue weighted by Gasteiger charge is 2.03. The van der Waals surface area contributed by atoms with E-state index in [9.17, 15) is 19.2 Å². The van der Waals surface area contributed by atoms with Crippen LogP contribution in [0.5, 0.6) is 0 Å². The number of ether oxygens (including phenoxy) is 2. The molecule has 0 saturated carbocycles. The van der Waals surface area contributed by atoms with Gasteiger partial charge < -0.3 is 9.47 Å². The number of unbranched alkanes of at least 4 members (excludes halogenated alkanes) is 3. The van der Waals surface area contributed by atoms with Crippen LogP contribution in [0.25, 0.3) is 0 Å². The maximum Gasteiger partial charge on any atom is 0.313 e. The number of carbonyl (C=O) groups excluding carboxylic acids is 4. The van der Waals surface area contributed by atoms with Gasteiger partial charge in [0, 0.05) is 12.8 Å². The molecule has 0 aromatic heterocycles. The van der Waals surface area contributed by atoms with Crippen LogP contribution in [0.15, 0.2) is 0 Å². The van der Waals surface area contributed by atoms with Crippen LogP contribution in [0.1, 0.15) is 38.5 Å². The highest BCUT2D eigenvalue weighted by molar-refractivity contribution is 5.76. The molecule has 0 fully saturated rings. The van der Waals surface area contributed by atoms with E-state index in [1.807, 2.05) is 0 Å². The molecule has 16 heavy (non-hydrogen) atoms. The third-order valence-corrected chi connectivity index (χ3v) is 1.87. The molecule has 0 aliphatic carbocycles. The van der Waals surface area contributed by atoms with Crippen molar-refractivity contribution in [2.45, 2.75) is 38.5 Å². The lowest BCUT2D eigenvalue weighted by Gasteiger charge is -1.99. The van der Waals surface area contributed by atoms with E-state index >= 15 is 0 Å². The van der Waals surface area contributed by atoms with Gasteiger partial charge in [-0.15, -0.1) is 0 Å². The normalized spacial score (nSPS) is 9.25. The van der Waals surface area contributed by atoms with E-state index in [0.29, 0.717) is 12.8 Å². The number of hydrogen-bond acceptors (Lipinski definition) is 6. The molecule has 6 heteroatoms. The SMILES string of the molecule is O=COC(=O)CCCCCCC(=O)OC=O. The Morgan fingerprint density at radius 2 is 1.12 bits per heavy atom. The molecule has 0 bridgehead atoms. The molecule has 0 heterocycles. The zero-order valence-electron chi connectivity index (χ0n) is 8.85. The summed E-state index contributed by atoms with van der Waals surface area (Å²) in [4.78, 5) is 40.9. The molecule has 0 amide bonds. The molecule has 0 unspecified atom stereocenters. The molecule has 0 saturated heterocycles. The molecule has 0 aliphatic rings. The summed E-state index contributed by atoms with van der Waals surface area (Å²) < 4.78 is 8.17. The highest BCUT2D eigenvalue weighted by atomic mass is 16.6. The van der Waals surface area contributed by atoms with E-state index in [4.69, 9.17) is 0 Å². The Labute approximate surface area is 92.9 Å². The summed E-state index contributed by atoms with van der Waals surface area (Å²) in [6.45, 7) is 0.218. The first kappa shape index (κ1) is 14.3. The van der Waals surface area contributed by atoms with Gasteiger partial charge in [0.05, 0.1) is 0 Å². The molecular formula is C10H14O6. The second-order valence-corrected chi connectivity index (χ2v) is 3.09.